The van der Waals surface area contributed by atoms with Gasteiger partial charge in [0, 0.05) is 0 Å². The number of carbonyl (C=O) groups is 1. The SMILES string of the molecule is O=C(O)C(Cc1ccccc1)Cc1ccc(Cl)c(Cl)c1. The maximum atomic E-state index is 11.4. The van der Waals surface area contributed by atoms with Crippen LogP contribution in [-0.4, -0.2) is 11.1 Å². The van der Waals surface area contributed by atoms with Gasteiger partial charge < -0.3 is 5.11 Å². The average Bonchev–Trinajstić information content (AvgIpc) is 2.43. The molecule has 0 fully saturated rings. The summed E-state index contributed by atoms with van der Waals surface area (Å²) in [7, 11) is 0. The quantitative estimate of drug-likeness (QED) is 0.884. The highest BCUT2D eigenvalue weighted by molar-refractivity contribution is 6.42. The van der Waals surface area contributed by atoms with Gasteiger partial charge in [0.25, 0.3) is 0 Å². The van der Waals surface area contributed by atoms with E-state index in [0.717, 1.165) is 11.1 Å². The number of halogens is 2. The first-order valence-electron chi connectivity index (χ1n) is 6.27. The molecule has 20 heavy (non-hydrogen) atoms. The molecule has 0 amide bonds. The van der Waals surface area contributed by atoms with Crippen molar-refractivity contribution in [2.75, 3.05) is 0 Å². The Balaban J connectivity index is 2.13. The van der Waals surface area contributed by atoms with Gasteiger partial charge in [0.1, 0.15) is 0 Å². The predicted octanol–water partition coefficient (Wildman–Crippen LogP) is 4.48. The molecule has 2 nitrogen and oxygen atoms in total. The number of hydrogen-bond donors (Lipinski definition) is 1. The van der Waals surface area contributed by atoms with Crippen molar-refractivity contribution >= 4 is 29.2 Å². The molecule has 0 saturated heterocycles. The molecule has 4 heteroatoms. The molecule has 0 radical (unpaired) electrons. The minimum absolute atomic E-state index is 0.432. The largest absolute Gasteiger partial charge is 0.481 e. The molecule has 0 bridgehead atoms. The highest BCUT2D eigenvalue weighted by Crippen LogP contribution is 2.24. The van der Waals surface area contributed by atoms with Crippen molar-refractivity contribution in [2.45, 2.75) is 12.8 Å². The third-order valence-electron chi connectivity index (χ3n) is 3.14. The maximum Gasteiger partial charge on any atom is 0.307 e. The van der Waals surface area contributed by atoms with Crippen LogP contribution < -0.4 is 0 Å². The molecule has 0 spiro atoms. The third kappa shape index (κ3) is 3.99. The van der Waals surface area contributed by atoms with Crippen LogP contribution in [0.4, 0.5) is 0 Å². The fraction of sp³-hybridized carbons (Fsp3) is 0.188. The van der Waals surface area contributed by atoms with Crippen molar-refractivity contribution < 1.29 is 9.90 Å². The Morgan fingerprint density at radius 1 is 0.950 bits per heavy atom. The van der Waals surface area contributed by atoms with Gasteiger partial charge in [0.05, 0.1) is 16.0 Å². The van der Waals surface area contributed by atoms with Gasteiger partial charge in [-0.15, -0.1) is 0 Å². The van der Waals surface area contributed by atoms with Gasteiger partial charge >= 0.3 is 5.97 Å². The monoisotopic (exact) mass is 308 g/mol. The van der Waals surface area contributed by atoms with E-state index in [0.29, 0.717) is 22.9 Å². The summed E-state index contributed by atoms with van der Waals surface area (Å²) in [5, 5.41) is 10.3. The van der Waals surface area contributed by atoms with E-state index in [1.807, 2.05) is 36.4 Å². The summed E-state index contributed by atoms with van der Waals surface area (Å²) >= 11 is 11.8. The lowest BCUT2D eigenvalue weighted by molar-refractivity contribution is -0.141. The number of rotatable bonds is 5. The molecule has 0 saturated carbocycles. The van der Waals surface area contributed by atoms with Gasteiger partial charge in [-0.05, 0) is 36.1 Å². The van der Waals surface area contributed by atoms with E-state index in [4.69, 9.17) is 23.2 Å². The number of carboxylic acids is 1. The summed E-state index contributed by atoms with van der Waals surface area (Å²) in [5.74, 6) is -1.28. The topological polar surface area (TPSA) is 37.3 Å². The third-order valence-corrected chi connectivity index (χ3v) is 3.88. The Labute approximate surface area is 128 Å². The van der Waals surface area contributed by atoms with Crippen LogP contribution >= 0.6 is 23.2 Å². The second-order valence-electron chi connectivity index (χ2n) is 4.68. The van der Waals surface area contributed by atoms with Crippen molar-refractivity contribution in [3.8, 4) is 0 Å². The van der Waals surface area contributed by atoms with Crippen LogP contribution in [0.3, 0.4) is 0 Å². The summed E-state index contributed by atoms with van der Waals surface area (Å²) in [6.45, 7) is 0. The fourth-order valence-corrected chi connectivity index (χ4v) is 2.42. The molecule has 1 N–H and O–H groups in total. The Morgan fingerprint density at radius 2 is 1.60 bits per heavy atom. The standard InChI is InChI=1S/C16H14Cl2O2/c17-14-7-6-12(10-15(14)18)9-13(16(19)20)8-11-4-2-1-3-5-11/h1-7,10,13H,8-9H2,(H,19,20). The minimum atomic E-state index is -0.806. The van der Waals surface area contributed by atoms with E-state index < -0.39 is 11.9 Å². The molecule has 2 aromatic rings. The second-order valence-corrected chi connectivity index (χ2v) is 5.49. The molecular formula is C16H14Cl2O2. The molecule has 0 heterocycles. The summed E-state index contributed by atoms with van der Waals surface area (Å²) in [5.41, 5.74) is 1.89. The normalized spacial score (nSPS) is 12.1. The van der Waals surface area contributed by atoms with E-state index in [9.17, 15) is 9.90 Å². The van der Waals surface area contributed by atoms with E-state index >= 15 is 0 Å². The van der Waals surface area contributed by atoms with Crippen LogP contribution in [0, 0.1) is 5.92 Å². The number of hydrogen-bond acceptors (Lipinski definition) is 1. The molecule has 0 aliphatic carbocycles. The van der Waals surface area contributed by atoms with Crippen molar-refractivity contribution in [3.05, 3.63) is 69.7 Å². The van der Waals surface area contributed by atoms with Gasteiger partial charge in [-0.25, -0.2) is 0 Å². The zero-order valence-electron chi connectivity index (χ0n) is 10.7. The highest BCUT2D eigenvalue weighted by atomic mass is 35.5. The zero-order chi connectivity index (χ0) is 14.5. The van der Waals surface area contributed by atoms with E-state index in [1.54, 1.807) is 12.1 Å². The summed E-state index contributed by atoms with van der Waals surface area (Å²) in [6, 6.07) is 14.8. The molecule has 2 aromatic carbocycles. The van der Waals surface area contributed by atoms with E-state index in [2.05, 4.69) is 0 Å². The number of carboxylic acid groups (broad SMARTS) is 1. The smallest absolute Gasteiger partial charge is 0.307 e. The Hall–Kier alpha value is -1.51. The zero-order valence-corrected chi connectivity index (χ0v) is 12.2. The first-order valence-corrected chi connectivity index (χ1v) is 7.02. The lowest BCUT2D eigenvalue weighted by atomic mass is 9.93. The van der Waals surface area contributed by atoms with Gasteiger partial charge in [0.2, 0.25) is 0 Å². The highest BCUT2D eigenvalue weighted by Gasteiger charge is 2.19. The molecule has 104 valence electrons. The molecule has 1 atom stereocenters. The predicted molar refractivity (Wildman–Crippen MR) is 81.4 cm³/mol. The van der Waals surface area contributed by atoms with Crippen LogP contribution in [0.1, 0.15) is 11.1 Å². The molecule has 2 rings (SSSR count). The molecule has 0 aromatic heterocycles. The first kappa shape index (κ1) is 14.9. The molecule has 1 unspecified atom stereocenters. The fourth-order valence-electron chi connectivity index (χ4n) is 2.10. The van der Waals surface area contributed by atoms with Crippen molar-refractivity contribution in [2.24, 2.45) is 5.92 Å². The average molecular weight is 309 g/mol. The second kappa shape index (κ2) is 6.78. The lowest BCUT2D eigenvalue weighted by Crippen LogP contribution is -2.19. The molecule has 0 aliphatic rings. The number of benzene rings is 2. The Morgan fingerprint density at radius 3 is 2.20 bits per heavy atom. The van der Waals surface area contributed by atoms with E-state index in [1.165, 1.54) is 0 Å². The Bertz CT molecular complexity index is 597. The first-order chi connectivity index (χ1) is 9.56. The lowest BCUT2D eigenvalue weighted by Gasteiger charge is -2.13. The van der Waals surface area contributed by atoms with Crippen LogP contribution in [0.25, 0.3) is 0 Å². The van der Waals surface area contributed by atoms with Crippen molar-refractivity contribution in [1.82, 2.24) is 0 Å². The van der Waals surface area contributed by atoms with Gasteiger partial charge in [0.15, 0.2) is 0 Å². The Kier molecular flexibility index (Phi) is 5.05. The van der Waals surface area contributed by atoms with Crippen LogP contribution in [0.5, 0.6) is 0 Å². The van der Waals surface area contributed by atoms with Crippen molar-refractivity contribution in [1.29, 1.82) is 0 Å². The number of aliphatic carboxylic acids is 1. The van der Waals surface area contributed by atoms with Crippen LogP contribution in [0.15, 0.2) is 48.5 Å². The van der Waals surface area contributed by atoms with Gasteiger partial charge in [-0.2, -0.15) is 0 Å². The maximum absolute atomic E-state index is 11.4. The summed E-state index contributed by atoms with van der Waals surface area (Å²) in [4.78, 5) is 11.4. The van der Waals surface area contributed by atoms with Crippen molar-refractivity contribution in [3.63, 3.8) is 0 Å². The van der Waals surface area contributed by atoms with Gasteiger partial charge in [-0.3, -0.25) is 4.79 Å². The van der Waals surface area contributed by atoms with E-state index in [-0.39, 0.29) is 0 Å². The summed E-state index contributed by atoms with van der Waals surface area (Å²) < 4.78 is 0. The van der Waals surface area contributed by atoms with Crippen LogP contribution in [0.2, 0.25) is 10.0 Å². The summed E-state index contributed by atoms with van der Waals surface area (Å²) in [6.07, 6.45) is 0.928. The molecular weight excluding hydrogens is 295 g/mol. The van der Waals surface area contributed by atoms with Crippen LogP contribution in [-0.2, 0) is 17.6 Å². The van der Waals surface area contributed by atoms with Gasteiger partial charge in [-0.1, -0.05) is 59.6 Å². The minimum Gasteiger partial charge on any atom is -0.481 e. The molecule has 0 aliphatic heterocycles.